The van der Waals surface area contributed by atoms with Crippen molar-refractivity contribution in [1.29, 1.82) is 0 Å². The standard InChI is InChI=1S/C26H16N2O8/c29-25-15-19(8-10-23(25)27(31)32)35-21-12-18(7-6-17-4-2-1-3-5-17)13-22(14-21)36-20-9-11-24(28(33)34)26(30)16-20/h1-5,8-16,29-30H. The SMILES string of the molecule is O=[N+]([O-])c1ccc(Oc2cc(C#Cc3ccccc3)cc(Oc3ccc([N+](=O)[O-])c(O)c3)c2)cc1O. The van der Waals surface area contributed by atoms with Gasteiger partial charge in [-0.25, -0.2) is 0 Å². The summed E-state index contributed by atoms with van der Waals surface area (Å²) in [6, 6.07) is 21.0. The lowest BCUT2D eigenvalue weighted by molar-refractivity contribution is -0.386. The maximum atomic E-state index is 10.9. The average Bonchev–Trinajstić information content (AvgIpc) is 2.83. The molecule has 178 valence electrons. The summed E-state index contributed by atoms with van der Waals surface area (Å²) >= 11 is 0. The second-order valence-corrected chi connectivity index (χ2v) is 7.33. The minimum Gasteiger partial charge on any atom is -0.502 e. The van der Waals surface area contributed by atoms with E-state index in [1.54, 1.807) is 12.1 Å². The number of ether oxygens (including phenoxy) is 2. The average molecular weight is 484 g/mol. The van der Waals surface area contributed by atoms with Crippen LogP contribution in [0.2, 0.25) is 0 Å². The molecule has 0 amide bonds. The highest BCUT2D eigenvalue weighted by molar-refractivity contribution is 5.54. The number of benzene rings is 4. The van der Waals surface area contributed by atoms with Crippen LogP contribution in [-0.4, -0.2) is 20.1 Å². The zero-order valence-corrected chi connectivity index (χ0v) is 18.3. The van der Waals surface area contributed by atoms with Gasteiger partial charge in [0.15, 0.2) is 11.5 Å². The molecule has 36 heavy (non-hydrogen) atoms. The third-order valence-electron chi connectivity index (χ3n) is 4.76. The maximum absolute atomic E-state index is 10.9. The van der Waals surface area contributed by atoms with Gasteiger partial charge < -0.3 is 19.7 Å². The van der Waals surface area contributed by atoms with Gasteiger partial charge in [-0.15, -0.1) is 0 Å². The zero-order chi connectivity index (χ0) is 25.7. The molecule has 0 aromatic heterocycles. The molecule has 0 aliphatic carbocycles. The minimum absolute atomic E-state index is 0.130. The molecule has 0 aliphatic rings. The number of nitrogens with zero attached hydrogens (tertiary/aromatic N) is 2. The molecule has 10 nitrogen and oxygen atoms in total. The van der Waals surface area contributed by atoms with E-state index in [-0.39, 0.29) is 23.0 Å². The number of aromatic hydroxyl groups is 2. The van der Waals surface area contributed by atoms with Crippen LogP contribution >= 0.6 is 0 Å². The summed E-state index contributed by atoms with van der Waals surface area (Å²) < 4.78 is 11.5. The summed E-state index contributed by atoms with van der Waals surface area (Å²) in [5.74, 6) is 5.63. The van der Waals surface area contributed by atoms with E-state index >= 15 is 0 Å². The normalized spacial score (nSPS) is 10.1. The Kier molecular flexibility index (Phi) is 6.65. The minimum atomic E-state index is -0.718. The summed E-state index contributed by atoms with van der Waals surface area (Å²) in [6.45, 7) is 0. The van der Waals surface area contributed by atoms with Crippen LogP contribution in [-0.2, 0) is 0 Å². The Morgan fingerprint density at radius 1 is 0.583 bits per heavy atom. The molecular formula is C26H16N2O8. The second-order valence-electron chi connectivity index (χ2n) is 7.33. The Morgan fingerprint density at radius 3 is 1.50 bits per heavy atom. The quantitative estimate of drug-likeness (QED) is 0.195. The highest BCUT2D eigenvalue weighted by atomic mass is 16.6. The summed E-state index contributed by atoms with van der Waals surface area (Å²) in [5.41, 5.74) is 0.328. The Morgan fingerprint density at radius 2 is 1.06 bits per heavy atom. The smallest absolute Gasteiger partial charge is 0.310 e. The fourth-order valence-electron chi connectivity index (χ4n) is 3.14. The third kappa shape index (κ3) is 5.67. The van der Waals surface area contributed by atoms with E-state index in [0.717, 1.165) is 29.8 Å². The molecule has 0 aliphatic heterocycles. The molecular weight excluding hydrogens is 468 g/mol. The largest absolute Gasteiger partial charge is 0.502 e. The number of hydrogen-bond acceptors (Lipinski definition) is 8. The first-order chi connectivity index (χ1) is 17.3. The number of rotatable bonds is 6. The summed E-state index contributed by atoms with van der Waals surface area (Å²) in [5, 5.41) is 41.7. The Balaban J connectivity index is 1.69. The monoisotopic (exact) mass is 484 g/mol. The van der Waals surface area contributed by atoms with Crippen molar-refractivity contribution in [1.82, 2.24) is 0 Å². The van der Waals surface area contributed by atoms with Crippen molar-refractivity contribution in [3.63, 3.8) is 0 Å². The fourth-order valence-corrected chi connectivity index (χ4v) is 3.14. The van der Waals surface area contributed by atoms with Gasteiger partial charge in [-0.3, -0.25) is 20.2 Å². The van der Waals surface area contributed by atoms with Crippen molar-refractivity contribution in [2.24, 2.45) is 0 Å². The van der Waals surface area contributed by atoms with E-state index in [0.29, 0.717) is 5.56 Å². The lowest BCUT2D eigenvalue weighted by Crippen LogP contribution is -1.92. The van der Waals surface area contributed by atoms with Crippen molar-refractivity contribution >= 4 is 11.4 Å². The van der Waals surface area contributed by atoms with E-state index in [4.69, 9.17) is 9.47 Å². The van der Waals surface area contributed by atoms with Crippen molar-refractivity contribution < 1.29 is 29.5 Å². The number of nitro benzene ring substituents is 2. The molecule has 4 aromatic rings. The molecule has 10 heteroatoms. The number of nitro groups is 2. The zero-order valence-electron chi connectivity index (χ0n) is 18.3. The highest BCUT2D eigenvalue weighted by Gasteiger charge is 2.16. The van der Waals surface area contributed by atoms with Gasteiger partial charge in [0.25, 0.3) is 0 Å². The first kappa shape index (κ1) is 23.6. The molecule has 0 saturated carbocycles. The summed E-state index contributed by atoms with van der Waals surface area (Å²) in [7, 11) is 0. The van der Waals surface area contributed by atoms with E-state index in [9.17, 15) is 30.4 Å². The molecule has 0 unspecified atom stereocenters. The summed E-state index contributed by atoms with van der Waals surface area (Å²) in [6.07, 6.45) is 0. The van der Waals surface area contributed by atoms with E-state index in [1.807, 2.05) is 30.3 Å². The van der Waals surface area contributed by atoms with Crippen molar-refractivity contribution in [3.05, 3.63) is 116 Å². The van der Waals surface area contributed by atoms with Crippen LogP contribution in [0.4, 0.5) is 11.4 Å². The van der Waals surface area contributed by atoms with Crippen molar-refractivity contribution in [2.75, 3.05) is 0 Å². The van der Waals surface area contributed by atoms with Gasteiger partial charge in [-0.1, -0.05) is 30.0 Å². The third-order valence-corrected chi connectivity index (χ3v) is 4.76. The predicted molar refractivity (Wildman–Crippen MR) is 129 cm³/mol. The van der Waals surface area contributed by atoms with Crippen LogP contribution in [0.15, 0.2) is 84.9 Å². The molecule has 0 atom stereocenters. The van der Waals surface area contributed by atoms with E-state index < -0.39 is 32.7 Å². The second kappa shape index (κ2) is 10.1. The lowest BCUT2D eigenvalue weighted by atomic mass is 10.1. The Bertz CT molecular complexity index is 1440. The first-order valence-corrected chi connectivity index (χ1v) is 10.3. The Hall–Kier alpha value is -5.56. The van der Waals surface area contributed by atoms with E-state index in [2.05, 4.69) is 11.8 Å². The van der Waals surface area contributed by atoms with Gasteiger partial charge >= 0.3 is 11.4 Å². The van der Waals surface area contributed by atoms with Crippen LogP contribution in [0.3, 0.4) is 0 Å². The number of phenols is 2. The number of phenolic OH excluding ortho intramolecular Hbond substituents is 2. The van der Waals surface area contributed by atoms with Gasteiger partial charge in [-0.05, 0) is 36.4 Å². The molecule has 4 rings (SSSR count). The van der Waals surface area contributed by atoms with Crippen molar-refractivity contribution in [2.45, 2.75) is 0 Å². The van der Waals surface area contributed by atoms with Crippen LogP contribution in [0, 0.1) is 32.1 Å². The van der Waals surface area contributed by atoms with Gasteiger partial charge in [0.05, 0.1) is 9.85 Å². The topological polar surface area (TPSA) is 145 Å². The van der Waals surface area contributed by atoms with Gasteiger partial charge in [0.1, 0.15) is 23.0 Å². The predicted octanol–water partition coefficient (Wildman–Crippen LogP) is 5.90. The first-order valence-electron chi connectivity index (χ1n) is 10.3. The molecule has 0 bridgehead atoms. The molecule has 0 saturated heterocycles. The number of hydrogen-bond donors (Lipinski definition) is 2. The van der Waals surface area contributed by atoms with Crippen LogP contribution < -0.4 is 9.47 Å². The molecule has 0 fully saturated rings. The maximum Gasteiger partial charge on any atom is 0.310 e. The van der Waals surface area contributed by atoms with Crippen LogP contribution in [0.5, 0.6) is 34.5 Å². The fraction of sp³-hybridized carbons (Fsp3) is 0. The van der Waals surface area contributed by atoms with Crippen LogP contribution in [0.1, 0.15) is 11.1 Å². The molecule has 0 spiro atoms. The highest BCUT2D eigenvalue weighted by Crippen LogP contribution is 2.36. The Labute approximate surface area is 203 Å². The molecule has 2 N–H and O–H groups in total. The van der Waals surface area contributed by atoms with Crippen molar-refractivity contribution in [3.8, 4) is 46.3 Å². The van der Waals surface area contributed by atoms with E-state index in [1.165, 1.54) is 18.2 Å². The summed E-state index contributed by atoms with van der Waals surface area (Å²) in [4.78, 5) is 20.5. The van der Waals surface area contributed by atoms with Crippen LogP contribution in [0.25, 0.3) is 0 Å². The molecule has 0 radical (unpaired) electrons. The van der Waals surface area contributed by atoms with Gasteiger partial charge in [-0.2, -0.15) is 0 Å². The molecule has 0 heterocycles. The van der Waals surface area contributed by atoms with Gasteiger partial charge in [0, 0.05) is 41.5 Å². The molecule has 4 aromatic carbocycles. The van der Waals surface area contributed by atoms with Gasteiger partial charge in [0.2, 0.25) is 0 Å². The lowest BCUT2D eigenvalue weighted by Gasteiger charge is -2.11.